The molecular formula is C15H13ClO3. The van der Waals surface area contributed by atoms with Crippen LogP contribution in [-0.4, -0.2) is 18.2 Å². The number of carboxylic acid groups (broad SMARTS) is 1. The van der Waals surface area contributed by atoms with Crippen LogP contribution in [0.5, 0.6) is 0 Å². The number of ether oxygens (including phenoxy) is 1. The summed E-state index contributed by atoms with van der Waals surface area (Å²) in [6.07, 6.45) is 0. The second kappa shape index (κ2) is 5.43. The summed E-state index contributed by atoms with van der Waals surface area (Å²) in [5.41, 5.74) is -0.434. The minimum Gasteiger partial charge on any atom is -0.479 e. The van der Waals surface area contributed by atoms with Crippen molar-refractivity contribution in [3.05, 3.63) is 70.7 Å². The van der Waals surface area contributed by atoms with Crippen LogP contribution in [0, 0.1) is 0 Å². The Morgan fingerprint density at radius 2 is 1.58 bits per heavy atom. The van der Waals surface area contributed by atoms with Crippen LogP contribution >= 0.6 is 11.6 Å². The van der Waals surface area contributed by atoms with E-state index in [0.29, 0.717) is 16.1 Å². The number of aliphatic carboxylic acids is 1. The smallest absolute Gasteiger partial charge is 0.345 e. The topological polar surface area (TPSA) is 46.5 Å². The highest BCUT2D eigenvalue weighted by Crippen LogP contribution is 2.34. The molecule has 0 fully saturated rings. The van der Waals surface area contributed by atoms with Crippen molar-refractivity contribution in [1.29, 1.82) is 0 Å². The van der Waals surface area contributed by atoms with E-state index in [-0.39, 0.29) is 0 Å². The summed E-state index contributed by atoms with van der Waals surface area (Å²) >= 11 is 5.84. The molecule has 0 aliphatic heterocycles. The lowest BCUT2D eigenvalue weighted by atomic mass is 9.86. The molecule has 0 radical (unpaired) electrons. The summed E-state index contributed by atoms with van der Waals surface area (Å²) in [6.45, 7) is 0. The first-order valence-corrected chi connectivity index (χ1v) is 6.09. The summed E-state index contributed by atoms with van der Waals surface area (Å²) in [5, 5.41) is 10.2. The van der Waals surface area contributed by atoms with Gasteiger partial charge in [0, 0.05) is 12.1 Å². The molecule has 0 aliphatic carbocycles. The lowest BCUT2D eigenvalue weighted by Crippen LogP contribution is -2.39. The zero-order valence-electron chi connectivity index (χ0n) is 10.3. The van der Waals surface area contributed by atoms with Crippen molar-refractivity contribution in [1.82, 2.24) is 0 Å². The van der Waals surface area contributed by atoms with Crippen LogP contribution in [0.3, 0.4) is 0 Å². The predicted molar refractivity (Wildman–Crippen MR) is 73.3 cm³/mol. The fourth-order valence-corrected chi connectivity index (χ4v) is 2.22. The minimum atomic E-state index is -1.52. The lowest BCUT2D eigenvalue weighted by Gasteiger charge is -2.29. The van der Waals surface area contributed by atoms with Gasteiger partial charge in [-0.25, -0.2) is 4.79 Å². The number of benzene rings is 2. The maximum Gasteiger partial charge on any atom is 0.345 e. The molecule has 0 saturated heterocycles. The number of carboxylic acids is 1. The fraction of sp³-hybridized carbons (Fsp3) is 0.133. The van der Waals surface area contributed by atoms with E-state index in [9.17, 15) is 9.90 Å². The molecule has 0 heterocycles. The van der Waals surface area contributed by atoms with Gasteiger partial charge in [-0.05, 0) is 23.3 Å². The van der Waals surface area contributed by atoms with Gasteiger partial charge in [0.15, 0.2) is 0 Å². The Hall–Kier alpha value is -1.84. The summed E-state index contributed by atoms with van der Waals surface area (Å²) in [4.78, 5) is 11.8. The van der Waals surface area contributed by atoms with Crippen LogP contribution in [0.25, 0.3) is 0 Å². The van der Waals surface area contributed by atoms with Crippen LogP contribution in [-0.2, 0) is 15.1 Å². The molecule has 1 atom stereocenters. The van der Waals surface area contributed by atoms with Gasteiger partial charge in [-0.1, -0.05) is 54.1 Å². The maximum absolute atomic E-state index is 11.8. The molecule has 1 N–H and O–H groups in total. The third-order valence-electron chi connectivity index (χ3n) is 3.04. The number of hydrogen-bond acceptors (Lipinski definition) is 2. The van der Waals surface area contributed by atoms with Gasteiger partial charge < -0.3 is 9.84 Å². The zero-order chi connectivity index (χ0) is 13.9. The molecule has 1 unspecified atom stereocenters. The van der Waals surface area contributed by atoms with E-state index in [1.165, 1.54) is 7.11 Å². The average Bonchev–Trinajstić information content (AvgIpc) is 2.43. The molecule has 0 aromatic heterocycles. The molecule has 0 saturated carbocycles. The molecule has 4 heteroatoms. The minimum absolute atomic E-state index is 0.526. The third kappa shape index (κ3) is 2.35. The Morgan fingerprint density at radius 1 is 1.05 bits per heavy atom. The molecular weight excluding hydrogens is 264 g/mol. The molecule has 0 aliphatic rings. The van der Waals surface area contributed by atoms with Gasteiger partial charge in [-0.2, -0.15) is 0 Å². The van der Waals surface area contributed by atoms with Crippen molar-refractivity contribution in [3.63, 3.8) is 0 Å². The van der Waals surface area contributed by atoms with Crippen LogP contribution in [0.2, 0.25) is 5.02 Å². The quantitative estimate of drug-likeness (QED) is 0.932. The maximum atomic E-state index is 11.8. The van der Waals surface area contributed by atoms with Gasteiger partial charge in [-0.15, -0.1) is 0 Å². The molecule has 2 rings (SSSR count). The van der Waals surface area contributed by atoms with Crippen LogP contribution < -0.4 is 0 Å². The number of carbonyl (C=O) groups is 1. The largest absolute Gasteiger partial charge is 0.479 e. The second-order valence-electron chi connectivity index (χ2n) is 4.06. The predicted octanol–water partition coefficient (Wildman–Crippen LogP) is 3.31. The van der Waals surface area contributed by atoms with E-state index in [1.54, 1.807) is 48.5 Å². The van der Waals surface area contributed by atoms with E-state index in [2.05, 4.69) is 0 Å². The van der Waals surface area contributed by atoms with Gasteiger partial charge in [0.2, 0.25) is 5.60 Å². The fourth-order valence-electron chi connectivity index (χ4n) is 2.09. The average molecular weight is 277 g/mol. The van der Waals surface area contributed by atoms with Gasteiger partial charge in [-0.3, -0.25) is 0 Å². The van der Waals surface area contributed by atoms with E-state index in [1.807, 2.05) is 6.07 Å². The first-order valence-electron chi connectivity index (χ1n) is 5.71. The second-order valence-corrected chi connectivity index (χ2v) is 4.50. The molecule has 19 heavy (non-hydrogen) atoms. The molecule has 0 bridgehead atoms. The standard InChI is InChI=1S/C15H13ClO3/c1-19-15(14(17)18,11-5-3-2-4-6-11)12-7-9-13(16)10-8-12/h2-10H,1H3,(H,17,18). The summed E-state index contributed by atoms with van der Waals surface area (Å²) in [5.74, 6) is -1.07. The van der Waals surface area contributed by atoms with Crippen LogP contribution in [0.15, 0.2) is 54.6 Å². The number of halogens is 1. The summed E-state index contributed by atoms with van der Waals surface area (Å²) < 4.78 is 5.37. The highest BCUT2D eigenvalue weighted by Gasteiger charge is 2.42. The van der Waals surface area contributed by atoms with Crippen molar-refractivity contribution in [2.75, 3.05) is 7.11 Å². The van der Waals surface area contributed by atoms with Crippen molar-refractivity contribution in [2.45, 2.75) is 5.60 Å². The number of rotatable bonds is 4. The summed E-state index contributed by atoms with van der Waals surface area (Å²) in [6, 6.07) is 15.5. The Kier molecular flexibility index (Phi) is 3.88. The van der Waals surface area contributed by atoms with Crippen LogP contribution in [0.4, 0.5) is 0 Å². The first-order chi connectivity index (χ1) is 9.11. The lowest BCUT2D eigenvalue weighted by molar-refractivity contribution is -0.158. The van der Waals surface area contributed by atoms with Gasteiger partial charge in [0.1, 0.15) is 0 Å². The van der Waals surface area contributed by atoms with Crippen LogP contribution in [0.1, 0.15) is 11.1 Å². The first kappa shape index (κ1) is 13.6. The molecule has 2 aromatic carbocycles. The van der Waals surface area contributed by atoms with E-state index >= 15 is 0 Å². The van der Waals surface area contributed by atoms with E-state index in [0.717, 1.165) is 0 Å². The highest BCUT2D eigenvalue weighted by molar-refractivity contribution is 6.30. The van der Waals surface area contributed by atoms with Crippen molar-refractivity contribution < 1.29 is 14.6 Å². The SMILES string of the molecule is COC(C(=O)O)(c1ccccc1)c1ccc(Cl)cc1. The number of hydrogen-bond donors (Lipinski definition) is 1. The van der Waals surface area contributed by atoms with Gasteiger partial charge in [0.25, 0.3) is 0 Å². The molecule has 98 valence electrons. The van der Waals surface area contributed by atoms with Crippen molar-refractivity contribution >= 4 is 17.6 Å². The normalized spacial score (nSPS) is 13.8. The van der Waals surface area contributed by atoms with Crippen molar-refractivity contribution in [3.8, 4) is 0 Å². The third-order valence-corrected chi connectivity index (χ3v) is 3.29. The Morgan fingerprint density at radius 3 is 2.05 bits per heavy atom. The Bertz CT molecular complexity index is 566. The monoisotopic (exact) mass is 276 g/mol. The molecule has 2 aromatic rings. The van der Waals surface area contributed by atoms with E-state index < -0.39 is 11.6 Å². The van der Waals surface area contributed by atoms with Gasteiger partial charge >= 0.3 is 5.97 Å². The zero-order valence-corrected chi connectivity index (χ0v) is 11.1. The van der Waals surface area contributed by atoms with E-state index in [4.69, 9.17) is 16.3 Å². The van der Waals surface area contributed by atoms with Crippen molar-refractivity contribution in [2.24, 2.45) is 0 Å². The Labute approximate surface area is 116 Å². The Balaban J connectivity index is 2.64. The van der Waals surface area contributed by atoms with Gasteiger partial charge in [0.05, 0.1) is 0 Å². The molecule has 3 nitrogen and oxygen atoms in total. The molecule has 0 spiro atoms. The molecule has 0 amide bonds. The highest BCUT2D eigenvalue weighted by atomic mass is 35.5. The summed E-state index contributed by atoms with van der Waals surface area (Å²) in [7, 11) is 1.38. The number of methoxy groups -OCH3 is 1.